The van der Waals surface area contributed by atoms with Crippen LogP contribution in [0.5, 0.6) is 0 Å². The number of nitrogens with two attached hydrogens (primary N) is 1. The van der Waals surface area contributed by atoms with Crippen molar-refractivity contribution in [1.29, 1.82) is 0 Å². The highest BCUT2D eigenvalue weighted by molar-refractivity contribution is 5.47. The summed E-state index contributed by atoms with van der Waals surface area (Å²) in [5.41, 5.74) is 2.51. The number of rotatable bonds is 8. The Morgan fingerprint density at radius 1 is 1.28 bits per heavy atom. The third-order valence-corrected chi connectivity index (χ3v) is 2.34. The zero-order valence-corrected chi connectivity index (χ0v) is 11.1. The van der Waals surface area contributed by atoms with E-state index in [0.29, 0.717) is 30.7 Å². The number of hydrazine groups is 1. The molecule has 0 amide bonds. The highest BCUT2D eigenvalue weighted by Crippen LogP contribution is 2.12. The molecule has 1 rings (SSSR count). The summed E-state index contributed by atoms with van der Waals surface area (Å²) in [5.74, 6) is 7.21. The Balaban J connectivity index is 2.71. The van der Waals surface area contributed by atoms with Gasteiger partial charge in [-0.1, -0.05) is 0 Å². The minimum absolute atomic E-state index is 0.251. The van der Waals surface area contributed by atoms with E-state index in [4.69, 9.17) is 15.3 Å². The van der Waals surface area contributed by atoms with E-state index in [1.165, 1.54) is 0 Å². The molecule has 4 N–H and O–H groups in total. The van der Waals surface area contributed by atoms with E-state index in [9.17, 15) is 0 Å². The van der Waals surface area contributed by atoms with Crippen molar-refractivity contribution >= 4 is 11.6 Å². The van der Waals surface area contributed by atoms with Crippen molar-refractivity contribution in [2.75, 3.05) is 31.6 Å². The van der Waals surface area contributed by atoms with E-state index in [2.05, 4.69) is 27.6 Å². The monoisotopic (exact) mass is 255 g/mol. The van der Waals surface area contributed by atoms with Crippen LogP contribution in [0.25, 0.3) is 0 Å². The van der Waals surface area contributed by atoms with E-state index in [0.717, 1.165) is 6.42 Å². The van der Waals surface area contributed by atoms with Gasteiger partial charge < -0.3 is 20.2 Å². The zero-order valence-electron chi connectivity index (χ0n) is 11.1. The van der Waals surface area contributed by atoms with Crippen LogP contribution in [0, 0.1) is 0 Å². The van der Waals surface area contributed by atoms with Gasteiger partial charge in [0.05, 0.1) is 0 Å². The fourth-order valence-corrected chi connectivity index (χ4v) is 1.46. The largest absolute Gasteiger partial charge is 0.385 e. The van der Waals surface area contributed by atoms with Gasteiger partial charge in [-0.2, -0.15) is 0 Å². The topological polar surface area (TPSA) is 94.3 Å². The smallest absolute Gasteiger partial charge is 0.158 e. The van der Waals surface area contributed by atoms with Crippen LogP contribution in [0.1, 0.15) is 19.2 Å². The fourth-order valence-electron chi connectivity index (χ4n) is 1.46. The maximum absolute atomic E-state index is 5.37. The van der Waals surface area contributed by atoms with Gasteiger partial charge in [-0.05, 0) is 13.3 Å². The zero-order chi connectivity index (χ0) is 13.4. The minimum Gasteiger partial charge on any atom is -0.385 e. The number of anilines is 2. The minimum atomic E-state index is 0.251. The Kier molecular flexibility index (Phi) is 6.34. The molecule has 18 heavy (non-hydrogen) atoms. The van der Waals surface area contributed by atoms with Crippen LogP contribution in [0.4, 0.5) is 11.6 Å². The van der Waals surface area contributed by atoms with Crippen molar-refractivity contribution in [1.82, 2.24) is 9.97 Å². The standard InChI is InChI=1S/C11H21N5O2/c1-8(4-5-17-2)13-9-6-10(16-12)15-11(14-9)7-18-3/h6,8H,4-5,7,12H2,1-3H3,(H2,13,14,15,16). The molecule has 0 aliphatic carbocycles. The van der Waals surface area contributed by atoms with Crippen LogP contribution < -0.4 is 16.6 Å². The third kappa shape index (κ3) is 4.82. The molecule has 1 unspecified atom stereocenters. The molecule has 0 fully saturated rings. The lowest BCUT2D eigenvalue weighted by Gasteiger charge is -2.15. The second-order valence-electron chi connectivity index (χ2n) is 3.96. The van der Waals surface area contributed by atoms with Gasteiger partial charge in [0, 0.05) is 32.9 Å². The first-order valence-electron chi connectivity index (χ1n) is 5.78. The van der Waals surface area contributed by atoms with Gasteiger partial charge in [0.1, 0.15) is 18.2 Å². The van der Waals surface area contributed by atoms with Gasteiger partial charge in [-0.3, -0.25) is 0 Å². The Bertz CT molecular complexity index is 361. The highest BCUT2D eigenvalue weighted by atomic mass is 16.5. The van der Waals surface area contributed by atoms with Crippen LogP contribution >= 0.6 is 0 Å². The maximum Gasteiger partial charge on any atom is 0.158 e. The average molecular weight is 255 g/mol. The summed E-state index contributed by atoms with van der Waals surface area (Å²) in [6.07, 6.45) is 0.894. The lowest BCUT2D eigenvalue weighted by Crippen LogP contribution is -2.19. The molecule has 7 nitrogen and oxygen atoms in total. The van der Waals surface area contributed by atoms with Crippen molar-refractivity contribution in [3.05, 3.63) is 11.9 Å². The van der Waals surface area contributed by atoms with Gasteiger partial charge in [0.2, 0.25) is 0 Å². The molecule has 0 saturated carbocycles. The van der Waals surface area contributed by atoms with E-state index >= 15 is 0 Å². The summed E-state index contributed by atoms with van der Waals surface area (Å²) >= 11 is 0. The summed E-state index contributed by atoms with van der Waals surface area (Å²) in [4.78, 5) is 8.51. The van der Waals surface area contributed by atoms with Crippen molar-refractivity contribution < 1.29 is 9.47 Å². The fraction of sp³-hybridized carbons (Fsp3) is 0.636. The predicted octanol–water partition coefficient (Wildman–Crippen LogP) is 0.746. The van der Waals surface area contributed by atoms with Gasteiger partial charge in [0.25, 0.3) is 0 Å². The van der Waals surface area contributed by atoms with Crippen LogP contribution in [0.15, 0.2) is 6.07 Å². The highest BCUT2D eigenvalue weighted by Gasteiger charge is 2.07. The van der Waals surface area contributed by atoms with E-state index < -0.39 is 0 Å². The summed E-state index contributed by atoms with van der Waals surface area (Å²) in [5, 5.41) is 3.27. The second kappa shape index (κ2) is 7.80. The normalized spacial score (nSPS) is 12.2. The number of nitrogens with one attached hydrogen (secondary N) is 2. The van der Waals surface area contributed by atoms with Crippen LogP contribution in [0.3, 0.4) is 0 Å². The maximum atomic E-state index is 5.37. The Labute approximate surface area is 107 Å². The molecule has 0 aliphatic rings. The molecule has 0 bridgehead atoms. The Morgan fingerprint density at radius 2 is 2.00 bits per heavy atom. The predicted molar refractivity (Wildman–Crippen MR) is 70.1 cm³/mol. The summed E-state index contributed by atoms with van der Waals surface area (Å²) in [7, 11) is 3.28. The molecule has 1 heterocycles. The van der Waals surface area contributed by atoms with Crippen molar-refractivity contribution in [2.45, 2.75) is 26.0 Å². The quantitative estimate of drug-likeness (QED) is 0.466. The number of ether oxygens (including phenoxy) is 2. The summed E-state index contributed by atoms with van der Waals surface area (Å²) < 4.78 is 10.0. The number of nitrogens with zero attached hydrogens (tertiary/aromatic N) is 2. The van der Waals surface area contributed by atoms with Gasteiger partial charge in [-0.15, -0.1) is 0 Å². The molecule has 1 aromatic heterocycles. The SMILES string of the molecule is COCCC(C)Nc1cc(NN)nc(COC)n1. The van der Waals surface area contributed by atoms with Gasteiger partial charge in [0.15, 0.2) is 5.82 Å². The lowest BCUT2D eigenvalue weighted by atomic mass is 10.2. The molecule has 0 aliphatic heterocycles. The molecule has 0 radical (unpaired) electrons. The molecule has 0 spiro atoms. The van der Waals surface area contributed by atoms with E-state index in [1.54, 1.807) is 20.3 Å². The van der Waals surface area contributed by atoms with Crippen molar-refractivity contribution in [3.8, 4) is 0 Å². The lowest BCUT2D eigenvalue weighted by molar-refractivity contribution is 0.178. The molecule has 102 valence electrons. The van der Waals surface area contributed by atoms with E-state index in [-0.39, 0.29) is 6.04 Å². The first kappa shape index (κ1) is 14.6. The molecule has 0 saturated heterocycles. The number of aromatic nitrogens is 2. The Morgan fingerprint density at radius 3 is 2.61 bits per heavy atom. The first-order chi connectivity index (χ1) is 8.69. The number of hydrogen-bond acceptors (Lipinski definition) is 7. The first-order valence-corrected chi connectivity index (χ1v) is 5.78. The number of hydrogen-bond donors (Lipinski definition) is 3. The molecule has 7 heteroatoms. The van der Waals surface area contributed by atoms with Crippen LogP contribution in [0.2, 0.25) is 0 Å². The second-order valence-corrected chi connectivity index (χ2v) is 3.96. The van der Waals surface area contributed by atoms with Crippen LogP contribution in [-0.4, -0.2) is 36.8 Å². The number of nitrogen functional groups attached to an aromatic ring is 1. The average Bonchev–Trinajstić information content (AvgIpc) is 2.36. The molecule has 1 aromatic rings. The summed E-state index contributed by atoms with van der Waals surface area (Å²) in [6, 6.07) is 2.00. The molecule has 1 atom stereocenters. The van der Waals surface area contributed by atoms with Crippen LogP contribution in [-0.2, 0) is 16.1 Å². The van der Waals surface area contributed by atoms with E-state index in [1.807, 2.05) is 0 Å². The van der Waals surface area contributed by atoms with Gasteiger partial charge >= 0.3 is 0 Å². The third-order valence-electron chi connectivity index (χ3n) is 2.34. The molecule has 0 aromatic carbocycles. The Hall–Kier alpha value is -1.44. The summed E-state index contributed by atoms with van der Waals surface area (Å²) in [6.45, 7) is 3.11. The van der Waals surface area contributed by atoms with Gasteiger partial charge in [-0.25, -0.2) is 15.8 Å². The van der Waals surface area contributed by atoms with Crippen molar-refractivity contribution in [2.24, 2.45) is 5.84 Å². The number of methoxy groups -OCH3 is 2. The molecular weight excluding hydrogens is 234 g/mol. The molecular formula is C11H21N5O2. The van der Waals surface area contributed by atoms with Crippen molar-refractivity contribution in [3.63, 3.8) is 0 Å².